The number of hydrogen-bond acceptors (Lipinski definition) is 6. The van der Waals surface area contributed by atoms with Crippen molar-refractivity contribution in [1.82, 2.24) is 5.32 Å². The lowest BCUT2D eigenvalue weighted by atomic mass is 9.97. The molecule has 7 nitrogen and oxygen atoms in total. The number of aliphatic hydroxyl groups excluding tert-OH is 3. The summed E-state index contributed by atoms with van der Waals surface area (Å²) in [6, 6.07) is -0.857. The van der Waals surface area contributed by atoms with E-state index in [0.717, 1.165) is 19.3 Å². The van der Waals surface area contributed by atoms with Gasteiger partial charge in [0.25, 0.3) is 0 Å². The third-order valence-electron chi connectivity index (χ3n) is 4.28. The molecular formula is C17H33NO6. The van der Waals surface area contributed by atoms with Crippen molar-refractivity contribution in [2.75, 3.05) is 13.2 Å². The van der Waals surface area contributed by atoms with Gasteiger partial charge < -0.3 is 30.1 Å². The van der Waals surface area contributed by atoms with Crippen LogP contribution in [0.3, 0.4) is 0 Å². The van der Waals surface area contributed by atoms with Crippen LogP contribution < -0.4 is 5.32 Å². The summed E-state index contributed by atoms with van der Waals surface area (Å²) in [4.78, 5) is 11.3. The minimum absolute atomic E-state index is 0.346. The average molecular weight is 347 g/mol. The second-order valence-electron chi connectivity index (χ2n) is 6.43. The minimum atomic E-state index is -1.27. The number of ether oxygens (including phenoxy) is 2. The Hall–Kier alpha value is -0.730. The fourth-order valence-corrected chi connectivity index (χ4v) is 2.87. The average Bonchev–Trinajstić information content (AvgIpc) is 2.55. The van der Waals surface area contributed by atoms with Crippen molar-refractivity contribution in [2.24, 2.45) is 0 Å². The lowest BCUT2D eigenvalue weighted by Crippen LogP contribution is -2.64. The predicted molar refractivity (Wildman–Crippen MR) is 89.3 cm³/mol. The first-order valence-electron chi connectivity index (χ1n) is 9.02. The van der Waals surface area contributed by atoms with E-state index in [0.29, 0.717) is 6.61 Å². The van der Waals surface area contributed by atoms with Gasteiger partial charge in [0.1, 0.15) is 24.4 Å². The Balaban J connectivity index is 2.39. The number of rotatable bonds is 11. The second kappa shape index (κ2) is 11.8. The van der Waals surface area contributed by atoms with E-state index in [1.165, 1.54) is 32.6 Å². The summed E-state index contributed by atoms with van der Waals surface area (Å²) in [7, 11) is 0. The van der Waals surface area contributed by atoms with Crippen LogP contribution in [0.25, 0.3) is 0 Å². The van der Waals surface area contributed by atoms with Crippen LogP contribution in [0.1, 0.15) is 58.8 Å². The molecule has 0 bridgehead atoms. The zero-order valence-electron chi connectivity index (χ0n) is 14.8. The molecule has 7 heteroatoms. The Kier molecular flexibility index (Phi) is 10.4. The molecule has 1 saturated heterocycles. The lowest BCUT2D eigenvalue weighted by molar-refractivity contribution is -0.270. The van der Waals surface area contributed by atoms with E-state index in [1.807, 2.05) is 0 Å². The van der Waals surface area contributed by atoms with E-state index in [1.54, 1.807) is 0 Å². The topological polar surface area (TPSA) is 108 Å². The Morgan fingerprint density at radius 1 is 1.08 bits per heavy atom. The van der Waals surface area contributed by atoms with E-state index < -0.39 is 37.3 Å². The van der Waals surface area contributed by atoms with Crippen LogP contribution in [0.5, 0.6) is 0 Å². The first-order valence-corrected chi connectivity index (χ1v) is 9.02. The normalized spacial score (nSPS) is 30.3. The molecule has 1 heterocycles. The number of amides is 1. The minimum Gasteiger partial charge on any atom is -0.394 e. The molecule has 5 atom stereocenters. The van der Waals surface area contributed by atoms with Crippen molar-refractivity contribution in [3.8, 4) is 0 Å². The van der Waals surface area contributed by atoms with Crippen LogP contribution in [0.2, 0.25) is 0 Å². The van der Waals surface area contributed by atoms with Crippen LogP contribution in [0.4, 0.5) is 0 Å². The molecule has 142 valence electrons. The molecule has 0 unspecified atom stereocenters. The second-order valence-corrected chi connectivity index (χ2v) is 6.43. The molecule has 0 aliphatic carbocycles. The van der Waals surface area contributed by atoms with Crippen molar-refractivity contribution in [3.05, 3.63) is 0 Å². The fraction of sp³-hybridized carbons (Fsp3) is 0.941. The molecule has 24 heavy (non-hydrogen) atoms. The van der Waals surface area contributed by atoms with Crippen molar-refractivity contribution in [3.63, 3.8) is 0 Å². The number of aliphatic hydroxyl groups is 3. The standard InChI is InChI=1S/C17H33NO6/c1-3-4-5-6-7-8-9-10-23-17-14(18-12(2)20)16(22)15(21)13(11-19)24-17/h13-17,19,21-22H,3-11H2,1-2H3,(H,18,20)/t13-,14-,15+,16-,17-/m1/s1. The summed E-state index contributed by atoms with van der Waals surface area (Å²) in [6.45, 7) is 3.52. The zero-order chi connectivity index (χ0) is 17.9. The van der Waals surface area contributed by atoms with Gasteiger partial charge in [0.15, 0.2) is 6.29 Å². The molecule has 1 fully saturated rings. The molecular weight excluding hydrogens is 314 g/mol. The Morgan fingerprint density at radius 2 is 1.71 bits per heavy atom. The Bertz CT molecular complexity index is 354. The van der Waals surface area contributed by atoms with Gasteiger partial charge in [0.2, 0.25) is 5.91 Å². The lowest BCUT2D eigenvalue weighted by Gasteiger charge is -2.42. The van der Waals surface area contributed by atoms with E-state index >= 15 is 0 Å². The molecule has 1 aliphatic heterocycles. The van der Waals surface area contributed by atoms with Crippen molar-refractivity contribution >= 4 is 5.91 Å². The highest BCUT2D eigenvalue weighted by atomic mass is 16.7. The molecule has 1 aliphatic rings. The van der Waals surface area contributed by atoms with Gasteiger partial charge in [-0.3, -0.25) is 4.79 Å². The van der Waals surface area contributed by atoms with Crippen LogP contribution >= 0.6 is 0 Å². The van der Waals surface area contributed by atoms with Gasteiger partial charge in [0, 0.05) is 13.5 Å². The first kappa shape index (κ1) is 21.3. The molecule has 0 aromatic rings. The number of nitrogens with one attached hydrogen (secondary N) is 1. The highest BCUT2D eigenvalue weighted by molar-refractivity contribution is 5.73. The zero-order valence-corrected chi connectivity index (χ0v) is 14.8. The number of carbonyl (C=O) groups is 1. The SMILES string of the molecule is CCCCCCCCCO[C@@H]1O[C@H](CO)[C@H](O)[C@H](O)[C@H]1NC(C)=O. The molecule has 1 amide bonds. The summed E-state index contributed by atoms with van der Waals surface area (Å²) in [5, 5.41) is 31.8. The molecule has 0 saturated carbocycles. The van der Waals surface area contributed by atoms with E-state index in [2.05, 4.69) is 12.2 Å². The smallest absolute Gasteiger partial charge is 0.217 e. The molecule has 1 rings (SSSR count). The van der Waals surface area contributed by atoms with Crippen molar-refractivity contribution in [2.45, 2.75) is 89.4 Å². The largest absolute Gasteiger partial charge is 0.394 e. The van der Waals surface area contributed by atoms with Gasteiger partial charge in [0.05, 0.1) is 6.61 Å². The van der Waals surface area contributed by atoms with Gasteiger partial charge in [-0.25, -0.2) is 0 Å². The van der Waals surface area contributed by atoms with Crippen molar-refractivity contribution < 1.29 is 29.6 Å². The Labute approximate surface area is 144 Å². The highest BCUT2D eigenvalue weighted by Gasteiger charge is 2.45. The van der Waals surface area contributed by atoms with Crippen LogP contribution in [-0.2, 0) is 14.3 Å². The molecule has 0 aromatic carbocycles. The van der Waals surface area contributed by atoms with Gasteiger partial charge in [-0.15, -0.1) is 0 Å². The number of hydrogen-bond donors (Lipinski definition) is 4. The van der Waals surface area contributed by atoms with Crippen molar-refractivity contribution in [1.29, 1.82) is 0 Å². The van der Waals surface area contributed by atoms with E-state index in [9.17, 15) is 20.1 Å². The summed E-state index contributed by atoms with van der Waals surface area (Å²) < 4.78 is 11.2. The summed E-state index contributed by atoms with van der Waals surface area (Å²) >= 11 is 0. The molecule has 0 radical (unpaired) electrons. The maximum Gasteiger partial charge on any atom is 0.217 e. The number of unbranched alkanes of at least 4 members (excludes halogenated alkanes) is 6. The predicted octanol–water partition coefficient (Wildman–Crippen LogP) is 0.697. The summed E-state index contributed by atoms with van der Waals surface area (Å²) in [5.74, 6) is -0.346. The quantitative estimate of drug-likeness (QED) is 0.410. The van der Waals surface area contributed by atoms with Gasteiger partial charge in [-0.05, 0) is 6.42 Å². The van der Waals surface area contributed by atoms with E-state index in [-0.39, 0.29) is 5.91 Å². The van der Waals surface area contributed by atoms with Gasteiger partial charge in [-0.1, -0.05) is 45.4 Å². The van der Waals surface area contributed by atoms with Crippen LogP contribution in [0.15, 0.2) is 0 Å². The third kappa shape index (κ3) is 7.03. The molecule has 0 aromatic heterocycles. The van der Waals surface area contributed by atoms with Crippen LogP contribution in [-0.4, -0.2) is 65.1 Å². The third-order valence-corrected chi connectivity index (χ3v) is 4.28. The summed E-state index contributed by atoms with van der Waals surface area (Å²) in [5.41, 5.74) is 0. The first-order chi connectivity index (χ1) is 11.5. The van der Waals surface area contributed by atoms with Gasteiger partial charge in [-0.2, -0.15) is 0 Å². The molecule has 0 spiro atoms. The summed E-state index contributed by atoms with van der Waals surface area (Å²) in [6.07, 6.45) is 3.72. The fourth-order valence-electron chi connectivity index (χ4n) is 2.87. The Morgan fingerprint density at radius 3 is 2.29 bits per heavy atom. The highest BCUT2D eigenvalue weighted by Crippen LogP contribution is 2.22. The molecule has 4 N–H and O–H groups in total. The van der Waals surface area contributed by atoms with Gasteiger partial charge >= 0.3 is 0 Å². The van der Waals surface area contributed by atoms with Crippen LogP contribution in [0, 0.1) is 0 Å². The number of carbonyl (C=O) groups excluding carboxylic acids is 1. The monoisotopic (exact) mass is 347 g/mol. The van der Waals surface area contributed by atoms with E-state index in [4.69, 9.17) is 9.47 Å². The maximum atomic E-state index is 11.3. The maximum absolute atomic E-state index is 11.3.